The monoisotopic (exact) mass is 390 g/mol. The summed E-state index contributed by atoms with van der Waals surface area (Å²) < 4.78 is 7.09. The third kappa shape index (κ3) is 5.68. The highest BCUT2D eigenvalue weighted by molar-refractivity contribution is 6.30. The SMILES string of the molecule is CN=C(NCCCc1ccc(Cl)cc1)NC1CCc2nc(COC)nn2C1. The number of aromatic nitrogens is 3. The molecule has 0 spiro atoms. The fourth-order valence-electron chi connectivity index (χ4n) is 3.21. The van der Waals surface area contributed by atoms with Crippen LogP contribution in [0.2, 0.25) is 5.02 Å². The molecular weight excluding hydrogens is 364 g/mol. The number of hydrogen-bond donors (Lipinski definition) is 2. The Labute approximate surface area is 165 Å². The van der Waals surface area contributed by atoms with Crippen LogP contribution < -0.4 is 10.6 Å². The second-order valence-corrected chi connectivity index (χ2v) is 7.10. The van der Waals surface area contributed by atoms with Crippen LogP contribution in [0.3, 0.4) is 0 Å². The highest BCUT2D eigenvalue weighted by Gasteiger charge is 2.22. The summed E-state index contributed by atoms with van der Waals surface area (Å²) in [5, 5.41) is 12.2. The van der Waals surface area contributed by atoms with Gasteiger partial charge in [0.1, 0.15) is 12.4 Å². The summed E-state index contributed by atoms with van der Waals surface area (Å²) in [6.07, 6.45) is 3.95. The summed E-state index contributed by atoms with van der Waals surface area (Å²) >= 11 is 5.92. The van der Waals surface area contributed by atoms with Crippen molar-refractivity contribution in [2.75, 3.05) is 20.7 Å². The minimum Gasteiger partial charge on any atom is -0.377 e. The van der Waals surface area contributed by atoms with Gasteiger partial charge < -0.3 is 15.4 Å². The van der Waals surface area contributed by atoms with E-state index in [4.69, 9.17) is 16.3 Å². The van der Waals surface area contributed by atoms with Crippen molar-refractivity contribution >= 4 is 17.6 Å². The van der Waals surface area contributed by atoms with Crippen molar-refractivity contribution in [2.24, 2.45) is 4.99 Å². The Morgan fingerprint density at radius 1 is 1.37 bits per heavy atom. The van der Waals surface area contributed by atoms with E-state index in [1.54, 1.807) is 14.2 Å². The van der Waals surface area contributed by atoms with Crippen LogP contribution in [0.5, 0.6) is 0 Å². The van der Waals surface area contributed by atoms with E-state index >= 15 is 0 Å². The van der Waals surface area contributed by atoms with Crippen LogP contribution in [0.1, 0.15) is 30.1 Å². The average molecular weight is 391 g/mol. The minimum absolute atomic E-state index is 0.289. The number of aliphatic imine (C=N–C) groups is 1. The lowest BCUT2D eigenvalue weighted by molar-refractivity contribution is 0.177. The lowest BCUT2D eigenvalue weighted by atomic mass is 10.1. The first-order chi connectivity index (χ1) is 13.2. The highest BCUT2D eigenvalue weighted by atomic mass is 35.5. The zero-order valence-electron chi connectivity index (χ0n) is 15.9. The molecular formula is C19H27ClN6O. The van der Waals surface area contributed by atoms with E-state index in [0.717, 1.165) is 61.4 Å². The lowest BCUT2D eigenvalue weighted by Gasteiger charge is -2.25. The van der Waals surface area contributed by atoms with Gasteiger partial charge in [-0.05, 0) is 37.0 Å². The normalized spacial score (nSPS) is 16.9. The van der Waals surface area contributed by atoms with Crippen molar-refractivity contribution in [3.8, 4) is 0 Å². The molecule has 146 valence electrons. The summed E-state index contributed by atoms with van der Waals surface area (Å²) in [6, 6.07) is 8.31. The molecule has 1 atom stereocenters. The number of nitrogens with one attached hydrogen (secondary N) is 2. The molecule has 0 saturated carbocycles. The molecule has 2 N–H and O–H groups in total. The smallest absolute Gasteiger partial charge is 0.191 e. The third-order valence-electron chi connectivity index (χ3n) is 4.59. The van der Waals surface area contributed by atoms with E-state index in [1.165, 1.54) is 5.56 Å². The quantitative estimate of drug-likeness (QED) is 0.430. The van der Waals surface area contributed by atoms with Gasteiger partial charge in [0.05, 0.1) is 6.54 Å². The van der Waals surface area contributed by atoms with Gasteiger partial charge in [-0.2, -0.15) is 5.10 Å². The molecule has 1 aliphatic heterocycles. The van der Waals surface area contributed by atoms with Gasteiger partial charge in [-0.1, -0.05) is 23.7 Å². The fourth-order valence-corrected chi connectivity index (χ4v) is 3.33. The van der Waals surface area contributed by atoms with Gasteiger partial charge in [-0.25, -0.2) is 9.67 Å². The van der Waals surface area contributed by atoms with Crippen LogP contribution in [0.15, 0.2) is 29.3 Å². The molecule has 1 aliphatic rings. The van der Waals surface area contributed by atoms with Crippen molar-refractivity contribution in [1.82, 2.24) is 25.4 Å². The molecule has 27 heavy (non-hydrogen) atoms. The second-order valence-electron chi connectivity index (χ2n) is 6.67. The Bertz CT molecular complexity index is 758. The number of hydrogen-bond acceptors (Lipinski definition) is 4. The van der Waals surface area contributed by atoms with Crippen LogP contribution in [-0.4, -0.2) is 47.5 Å². The van der Waals surface area contributed by atoms with Gasteiger partial charge in [0, 0.05) is 38.2 Å². The number of methoxy groups -OCH3 is 1. The van der Waals surface area contributed by atoms with Crippen molar-refractivity contribution < 1.29 is 4.74 Å². The van der Waals surface area contributed by atoms with Crippen LogP contribution in [-0.2, 0) is 30.7 Å². The first-order valence-electron chi connectivity index (χ1n) is 9.31. The van der Waals surface area contributed by atoms with Crippen molar-refractivity contribution in [3.63, 3.8) is 0 Å². The Hall–Kier alpha value is -2.12. The number of aryl methyl sites for hydroxylation is 2. The number of guanidine groups is 1. The summed E-state index contributed by atoms with van der Waals surface area (Å²) in [5.74, 6) is 2.61. The van der Waals surface area contributed by atoms with Crippen molar-refractivity contribution in [2.45, 2.75) is 44.9 Å². The van der Waals surface area contributed by atoms with Gasteiger partial charge in [-0.15, -0.1) is 0 Å². The number of rotatable bonds is 7. The molecule has 0 bridgehead atoms. The first-order valence-corrected chi connectivity index (χ1v) is 9.69. The van der Waals surface area contributed by atoms with E-state index in [9.17, 15) is 0 Å². The van der Waals surface area contributed by atoms with Crippen LogP contribution in [0, 0.1) is 0 Å². The Morgan fingerprint density at radius 2 is 2.19 bits per heavy atom. The summed E-state index contributed by atoms with van der Waals surface area (Å²) in [4.78, 5) is 8.85. The molecule has 0 aliphatic carbocycles. The molecule has 0 fully saturated rings. The predicted molar refractivity (Wildman–Crippen MR) is 107 cm³/mol. The average Bonchev–Trinajstić information content (AvgIpc) is 3.07. The van der Waals surface area contributed by atoms with E-state index in [2.05, 4.69) is 37.8 Å². The number of fused-ring (bicyclic) bond motifs is 1. The standard InChI is InChI=1S/C19H27ClN6O/c1-21-19(22-11-3-4-14-5-7-15(20)8-6-14)23-16-9-10-18-24-17(13-27-2)25-26(18)12-16/h5-8,16H,3-4,9-13H2,1-2H3,(H2,21,22,23). The van der Waals surface area contributed by atoms with E-state index in [1.807, 2.05) is 16.8 Å². The zero-order valence-corrected chi connectivity index (χ0v) is 16.7. The number of benzene rings is 1. The van der Waals surface area contributed by atoms with Gasteiger partial charge in [0.25, 0.3) is 0 Å². The molecule has 1 unspecified atom stereocenters. The second kappa shape index (κ2) is 9.71. The number of ether oxygens (including phenoxy) is 1. The molecule has 7 nitrogen and oxygen atoms in total. The van der Waals surface area contributed by atoms with E-state index in [0.29, 0.717) is 6.61 Å². The van der Waals surface area contributed by atoms with Gasteiger partial charge in [-0.3, -0.25) is 4.99 Å². The zero-order chi connectivity index (χ0) is 19.1. The number of nitrogens with zero attached hydrogens (tertiary/aromatic N) is 4. The Kier molecular flexibility index (Phi) is 7.06. The highest BCUT2D eigenvalue weighted by Crippen LogP contribution is 2.13. The summed E-state index contributed by atoms with van der Waals surface area (Å²) in [6.45, 7) is 2.11. The Morgan fingerprint density at radius 3 is 2.93 bits per heavy atom. The molecule has 2 aromatic rings. The van der Waals surface area contributed by atoms with Crippen molar-refractivity contribution in [3.05, 3.63) is 46.5 Å². The molecule has 2 heterocycles. The van der Waals surface area contributed by atoms with Crippen molar-refractivity contribution in [1.29, 1.82) is 0 Å². The fraction of sp³-hybridized carbons (Fsp3) is 0.526. The summed E-state index contributed by atoms with van der Waals surface area (Å²) in [5.41, 5.74) is 1.29. The predicted octanol–water partition coefficient (Wildman–Crippen LogP) is 2.19. The molecule has 8 heteroatoms. The van der Waals surface area contributed by atoms with E-state index < -0.39 is 0 Å². The van der Waals surface area contributed by atoms with Crippen LogP contribution in [0.25, 0.3) is 0 Å². The maximum atomic E-state index is 5.92. The van der Waals surface area contributed by atoms with Gasteiger partial charge in [0.15, 0.2) is 11.8 Å². The molecule has 3 rings (SSSR count). The molecule has 0 radical (unpaired) electrons. The largest absolute Gasteiger partial charge is 0.377 e. The van der Waals surface area contributed by atoms with Gasteiger partial charge in [0.2, 0.25) is 0 Å². The van der Waals surface area contributed by atoms with Crippen LogP contribution in [0.4, 0.5) is 0 Å². The molecule has 1 aromatic heterocycles. The topological polar surface area (TPSA) is 76.4 Å². The molecule has 0 saturated heterocycles. The minimum atomic E-state index is 0.289. The number of halogens is 1. The molecule has 0 amide bonds. The van der Waals surface area contributed by atoms with E-state index in [-0.39, 0.29) is 6.04 Å². The summed E-state index contributed by atoms with van der Waals surface area (Å²) in [7, 11) is 3.46. The maximum absolute atomic E-state index is 5.92. The molecule has 1 aromatic carbocycles. The first kappa shape index (κ1) is 19.6. The Balaban J connectivity index is 1.42. The van der Waals surface area contributed by atoms with Gasteiger partial charge >= 0.3 is 0 Å². The third-order valence-corrected chi connectivity index (χ3v) is 4.84. The lowest BCUT2D eigenvalue weighted by Crippen LogP contribution is -2.47. The van der Waals surface area contributed by atoms with Crippen LogP contribution >= 0.6 is 11.6 Å². The maximum Gasteiger partial charge on any atom is 0.191 e.